The fraction of sp³-hybridized carbons (Fsp3) is 0.538. The van der Waals surface area contributed by atoms with Crippen LogP contribution in [0.2, 0.25) is 0 Å². The van der Waals surface area contributed by atoms with Gasteiger partial charge in [-0.05, 0) is 37.8 Å². The normalized spacial score (nSPS) is 21.2. The number of rotatable bonds is 0. The summed E-state index contributed by atoms with van der Waals surface area (Å²) in [6, 6.07) is 4.21. The molecule has 0 aromatic heterocycles. The Morgan fingerprint density at radius 2 is 1.40 bits per heavy atom. The Morgan fingerprint density at radius 1 is 0.933 bits per heavy atom. The van der Waals surface area contributed by atoms with Crippen molar-refractivity contribution in [3.05, 3.63) is 23.3 Å². The van der Waals surface area contributed by atoms with Gasteiger partial charge in [-0.25, -0.2) is 0 Å². The van der Waals surface area contributed by atoms with E-state index in [1.165, 1.54) is 24.0 Å². The first-order chi connectivity index (χ1) is 7.20. The zero-order valence-electron chi connectivity index (χ0n) is 9.30. The lowest BCUT2D eigenvalue weighted by Gasteiger charge is -2.21. The molecule has 1 aliphatic heterocycles. The van der Waals surface area contributed by atoms with Gasteiger partial charge in [0.2, 0.25) is 0 Å². The molecule has 0 bridgehead atoms. The highest BCUT2D eigenvalue weighted by Gasteiger charge is 2.45. The van der Waals surface area contributed by atoms with Gasteiger partial charge < -0.3 is 9.47 Å². The van der Waals surface area contributed by atoms with Crippen molar-refractivity contribution in [3.8, 4) is 11.5 Å². The van der Waals surface area contributed by atoms with Gasteiger partial charge in [-0.3, -0.25) is 0 Å². The number of benzene rings is 1. The zero-order chi connectivity index (χ0) is 10.5. The average Bonchev–Trinajstić information content (AvgIpc) is 2.82. The van der Waals surface area contributed by atoms with Gasteiger partial charge in [-0.15, -0.1) is 0 Å². The number of hydrogen-bond donors (Lipinski definition) is 0. The maximum Gasteiger partial charge on any atom is 0.251 e. The molecule has 1 aromatic carbocycles. The molecular formula is C13H16O2. The fourth-order valence-corrected chi connectivity index (χ4v) is 2.52. The summed E-state index contributed by atoms with van der Waals surface area (Å²) in [7, 11) is 0. The molecule has 1 heterocycles. The van der Waals surface area contributed by atoms with Crippen molar-refractivity contribution < 1.29 is 9.47 Å². The van der Waals surface area contributed by atoms with Gasteiger partial charge in [-0.1, -0.05) is 12.1 Å². The van der Waals surface area contributed by atoms with Gasteiger partial charge >= 0.3 is 0 Å². The van der Waals surface area contributed by atoms with E-state index in [2.05, 4.69) is 26.0 Å². The molecule has 15 heavy (non-hydrogen) atoms. The van der Waals surface area contributed by atoms with Crippen LogP contribution in [0.3, 0.4) is 0 Å². The number of aryl methyl sites for hydroxylation is 2. The van der Waals surface area contributed by atoms with Crippen LogP contribution in [-0.4, -0.2) is 5.79 Å². The van der Waals surface area contributed by atoms with Crippen LogP contribution >= 0.6 is 0 Å². The Balaban J connectivity index is 2.05. The molecule has 1 aliphatic carbocycles. The summed E-state index contributed by atoms with van der Waals surface area (Å²) in [5, 5.41) is 0. The zero-order valence-corrected chi connectivity index (χ0v) is 9.30. The van der Waals surface area contributed by atoms with Gasteiger partial charge in [-0.2, -0.15) is 0 Å². The number of ether oxygens (including phenoxy) is 2. The minimum Gasteiger partial charge on any atom is -0.448 e. The van der Waals surface area contributed by atoms with Crippen molar-refractivity contribution in [2.24, 2.45) is 0 Å². The second kappa shape index (κ2) is 2.91. The molecule has 0 amide bonds. The predicted molar refractivity (Wildman–Crippen MR) is 58.4 cm³/mol. The van der Waals surface area contributed by atoms with E-state index in [4.69, 9.17) is 9.47 Å². The first-order valence-corrected chi connectivity index (χ1v) is 5.68. The second-order valence-electron chi connectivity index (χ2n) is 4.68. The van der Waals surface area contributed by atoms with Crippen LogP contribution in [-0.2, 0) is 0 Å². The van der Waals surface area contributed by atoms with Crippen LogP contribution < -0.4 is 9.47 Å². The van der Waals surface area contributed by atoms with Crippen LogP contribution in [0, 0.1) is 13.8 Å². The molecule has 3 rings (SSSR count). The quantitative estimate of drug-likeness (QED) is 0.645. The molecule has 2 heteroatoms. The smallest absolute Gasteiger partial charge is 0.251 e. The molecule has 1 spiro atoms. The topological polar surface area (TPSA) is 18.5 Å². The Kier molecular flexibility index (Phi) is 1.76. The Bertz CT molecular complexity index is 370. The van der Waals surface area contributed by atoms with Crippen LogP contribution in [0.4, 0.5) is 0 Å². The van der Waals surface area contributed by atoms with Crippen molar-refractivity contribution >= 4 is 0 Å². The summed E-state index contributed by atoms with van der Waals surface area (Å²) < 4.78 is 12.1. The molecule has 0 atom stereocenters. The largest absolute Gasteiger partial charge is 0.448 e. The van der Waals surface area contributed by atoms with E-state index in [9.17, 15) is 0 Å². The Hall–Kier alpha value is -1.18. The molecule has 1 fully saturated rings. The maximum atomic E-state index is 6.04. The van der Waals surface area contributed by atoms with E-state index >= 15 is 0 Å². The molecular weight excluding hydrogens is 188 g/mol. The number of hydrogen-bond acceptors (Lipinski definition) is 2. The summed E-state index contributed by atoms with van der Waals surface area (Å²) >= 11 is 0. The standard InChI is InChI=1S/C13H16O2/c1-9-5-6-10(2)12-11(9)14-13(15-12)7-3-4-8-13/h5-6H,3-4,7-8H2,1-2H3. The molecule has 0 saturated heterocycles. The van der Waals surface area contributed by atoms with E-state index in [0.717, 1.165) is 24.3 Å². The van der Waals surface area contributed by atoms with E-state index in [-0.39, 0.29) is 5.79 Å². The summed E-state index contributed by atoms with van der Waals surface area (Å²) in [5.74, 6) is 1.62. The summed E-state index contributed by atoms with van der Waals surface area (Å²) in [6.07, 6.45) is 4.49. The van der Waals surface area contributed by atoms with Gasteiger partial charge in [0.25, 0.3) is 5.79 Å². The van der Waals surface area contributed by atoms with E-state index in [1.807, 2.05) is 0 Å². The van der Waals surface area contributed by atoms with Crippen molar-refractivity contribution in [1.82, 2.24) is 0 Å². The third-order valence-electron chi connectivity index (χ3n) is 3.45. The van der Waals surface area contributed by atoms with Crippen LogP contribution in [0.1, 0.15) is 36.8 Å². The second-order valence-corrected chi connectivity index (χ2v) is 4.68. The highest BCUT2D eigenvalue weighted by atomic mass is 16.7. The molecule has 80 valence electrons. The third-order valence-corrected chi connectivity index (χ3v) is 3.45. The lowest BCUT2D eigenvalue weighted by atomic mass is 10.1. The van der Waals surface area contributed by atoms with Gasteiger partial charge in [0.05, 0.1) is 0 Å². The summed E-state index contributed by atoms with van der Waals surface area (Å²) in [6.45, 7) is 4.16. The highest BCUT2D eigenvalue weighted by Crippen LogP contribution is 2.49. The monoisotopic (exact) mass is 204 g/mol. The van der Waals surface area contributed by atoms with E-state index in [1.54, 1.807) is 0 Å². The minimum atomic E-state index is -0.320. The van der Waals surface area contributed by atoms with Crippen molar-refractivity contribution in [3.63, 3.8) is 0 Å². The van der Waals surface area contributed by atoms with Gasteiger partial charge in [0.1, 0.15) is 0 Å². The van der Waals surface area contributed by atoms with Crippen molar-refractivity contribution in [1.29, 1.82) is 0 Å². The summed E-state index contributed by atoms with van der Waals surface area (Å²) in [5.41, 5.74) is 2.36. The Labute approximate surface area is 90.2 Å². The molecule has 0 unspecified atom stereocenters. The van der Waals surface area contributed by atoms with Gasteiger partial charge in [0, 0.05) is 12.8 Å². The highest BCUT2D eigenvalue weighted by molar-refractivity contribution is 5.53. The van der Waals surface area contributed by atoms with E-state index in [0.29, 0.717) is 0 Å². The van der Waals surface area contributed by atoms with Gasteiger partial charge in [0.15, 0.2) is 11.5 Å². The van der Waals surface area contributed by atoms with Crippen LogP contribution in [0.15, 0.2) is 12.1 Å². The number of fused-ring (bicyclic) bond motifs is 1. The van der Waals surface area contributed by atoms with Crippen molar-refractivity contribution in [2.45, 2.75) is 45.3 Å². The van der Waals surface area contributed by atoms with Crippen LogP contribution in [0.25, 0.3) is 0 Å². The first-order valence-electron chi connectivity index (χ1n) is 5.68. The van der Waals surface area contributed by atoms with E-state index < -0.39 is 0 Å². The molecule has 0 N–H and O–H groups in total. The third kappa shape index (κ3) is 1.24. The van der Waals surface area contributed by atoms with Crippen LogP contribution in [0.5, 0.6) is 11.5 Å². The first kappa shape index (κ1) is 9.08. The molecule has 2 aliphatic rings. The van der Waals surface area contributed by atoms with Crippen molar-refractivity contribution in [2.75, 3.05) is 0 Å². The maximum absolute atomic E-state index is 6.04. The summed E-state index contributed by atoms with van der Waals surface area (Å²) in [4.78, 5) is 0. The lowest BCUT2D eigenvalue weighted by molar-refractivity contribution is -0.0721. The Morgan fingerprint density at radius 3 is 1.87 bits per heavy atom. The molecule has 1 saturated carbocycles. The minimum absolute atomic E-state index is 0.320. The molecule has 0 radical (unpaired) electrons. The fourth-order valence-electron chi connectivity index (χ4n) is 2.52. The molecule has 1 aromatic rings. The average molecular weight is 204 g/mol. The SMILES string of the molecule is Cc1ccc(C)c2c1OC1(CCCC1)O2. The predicted octanol–water partition coefficient (Wildman–Crippen LogP) is 3.34. The lowest BCUT2D eigenvalue weighted by Crippen LogP contribution is -2.34. The molecule has 2 nitrogen and oxygen atoms in total.